The van der Waals surface area contributed by atoms with Gasteiger partial charge >= 0.3 is 0 Å². The largest absolute Gasteiger partial charge is 0.325 e. The molecule has 0 radical (unpaired) electrons. The molecule has 110 valence electrons. The number of anilines is 1. The molecular formula is C16H23BrN2O. The van der Waals surface area contributed by atoms with Gasteiger partial charge in [0.1, 0.15) is 0 Å². The molecule has 1 heterocycles. The second-order valence-electron chi connectivity index (χ2n) is 6.15. The predicted molar refractivity (Wildman–Crippen MR) is 86.9 cm³/mol. The van der Waals surface area contributed by atoms with Crippen LogP contribution in [0.5, 0.6) is 0 Å². The van der Waals surface area contributed by atoms with E-state index in [-0.39, 0.29) is 5.91 Å². The topological polar surface area (TPSA) is 32.3 Å². The van der Waals surface area contributed by atoms with Gasteiger partial charge in [0, 0.05) is 23.2 Å². The van der Waals surface area contributed by atoms with E-state index < -0.39 is 0 Å². The third-order valence-electron chi connectivity index (χ3n) is 3.77. The van der Waals surface area contributed by atoms with Gasteiger partial charge in [-0.05, 0) is 48.9 Å². The third kappa shape index (κ3) is 4.32. The Labute approximate surface area is 129 Å². The molecule has 2 rings (SSSR count). The number of hydrogen-bond acceptors (Lipinski definition) is 2. The Morgan fingerprint density at radius 1 is 1.35 bits per heavy atom. The summed E-state index contributed by atoms with van der Waals surface area (Å²) in [5, 5.41) is 3.01. The minimum absolute atomic E-state index is 0.0803. The molecule has 0 aromatic heterocycles. The van der Waals surface area contributed by atoms with Crippen LogP contribution in [0.25, 0.3) is 0 Å². The van der Waals surface area contributed by atoms with Crippen molar-refractivity contribution < 1.29 is 4.79 Å². The van der Waals surface area contributed by atoms with E-state index in [0.717, 1.165) is 28.8 Å². The first-order valence-corrected chi connectivity index (χ1v) is 8.01. The van der Waals surface area contributed by atoms with Crippen molar-refractivity contribution >= 4 is 27.5 Å². The lowest BCUT2D eigenvalue weighted by Gasteiger charge is -2.34. The second kappa shape index (κ2) is 6.72. The molecular weight excluding hydrogens is 316 g/mol. The number of benzene rings is 1. The summed E-state index contributed by atoms with van der Waals surface area (Å²) in [4.78, 5) is 14.4. The standard InChI is InChI=1S/C16H23BrN2O/c1-11-6-12(2)9-19(8-11)10-16(20)18-15-5-4-14(17)7-13(15)3/h4-5,7,11-12H,6,8-10H2,1-3H3,(H,18,20)/t11-,12-/m0/s1. The first kappa shape index (κ1) is 15.5. The number of nitrogens with one attached hydrogen (secondary N) is 1. The van der Waals surface area contributed by atoms with Crippen LogP contribution in [0.1, 0.15) is 25.8 Å². The van der Waals surface area contributed by atoms with Crippen molar-refractivity contribution in [1.82, 2.24) is 4.90 Å². The predicted octanol–water partition coefficient (Wildman–Crippen LogP) is 3.67. The van der Waals surface area contributed by atoms with E-state index in [1.165, 1.54) is 6.42 Å². The molecule has 1 aromatic carbocycles. The van der Waals surface area contributed by atoms with Crippen molar-refractivity contribution in [2.24, 2.45) is 11.8 Å². The fourth-order valence-electron chi connectivity index (χ4n) is 3.08. The molecule has 1 aliphatic heterocycles. The smallest absolute Gasteiger partial charge is 0.238 e. The fourth-order valence-corrected chi connectivity index (χ4v) is 3.56. The van der Waals surface area contributed by atoms with Gasteiger partial charge in [0.15, 0.2) is 0 Å². The number of carbonyl (C=O) groups excluding carboxylic acids is 1. The third-order valence-corrected chi connectivity index (χ3v) is 4.27. The highest BCUT2D eigenvalue weighted by atomic mass is 79.9. The molecule has 0 unspecified atom stereocenters. The van der Waals surface area contributed by atoms with Crippen LogP contribution in [0.3, 0.4) is 0 Å². The number of hydrogen-bond donors (Lipinski definition) is 1. The monoisotopic (exact) mass is 338 g/mol. The van der Waals surface area contributed by atoms with Crippen molar-refractivity contribution in [2.75, 3.05) is 25.0 Å². The maximum Gasteiger partial charge on any atom is 0.238 e. The molecule has 3 nitrogen and oxygen atoms in total. The van der Waals surface area contributed by atoms with E-state index in [1.54, 1.807) is 0 Å². The zero-order valence-electron chi connectivity index (χ0n) is 12.4. The van der Waals surface area contributed by atoms with E-state index in [0.29, 0.717) is 18.4 Å². The highest BCUT2D eigenvalue weighted by Gasteiger charge is 2.23. The summed E-state index contributed by atoms with van der Waals surface area (Å²) < 4.78 is 1.03. The Morgan fingerprint density at radius 3 is 2.60 bits per heavy atom. The van der Waals surface area contributed by atoms with Gasteiger partial charge in [-0.2, -0.15) is 0 Å². The van der Waals surface area contributed by atoms with E-state index in [9.17, 15) is 4.79 Å². The van der Waals surface area contributed by atoms with Gasteiger partial charge in [-0.3, -0.25) is 9.69 Å². The van der Waals surface area contributed by atoms with E-state index >= 15 is 0 Å². The van der Waals surface area contributed by atoms with Crippen LogP contribution in [-0.2, 0) is 4.79 Å². The van der Waals surface area contributed by atoms with E-state index in [1.807, 2.05) is 25.1 Å². The van der Waals surface area contributed by atoms with Crippen LogP contribution in [-0.4, -0.2) is 30.4 Å². The molecule has 1 fully saturated rings. The summed E-state index contributed by atoms with van der Waals surface area (Å²) in [6.07, 6.45) is 1.27. The second-order valence-corrected chi connectivity index (χ2v) is 7.06. The zero-order valence-corrected chi connectivity index (χ0v) is 14.0. The molecule has 20 heavy (non-hydrogen) atoms. The molecule has 1 saturated heterocycles. The van der Waals surface area contributed by atoms with Crippen LogP contribution in [0, 0.1) is 18.8 Å². The van der Waals surface area contributed by atoms with Crippen LogP contribution in [0.4, 0.5) is 5.69 Å². The van der Waals surface area contributed by atoms with Crippen molar-refractivity contribution in [1.29, 1.82) is 0 Å². The summed E-state index contributed by atoms with van der Waals surface area (Å²) in [5.41, 5.74) is 1.98. The Kier molecular flexibility index (Phi) is 5.22. The molecule has 1 N–H and O–H groups in total. The van der Waals surface area contributed by atoms with Gasteiger partial charge in [-0.1, -0.05) is 29.8 Å². The zero-order chi connectivity index (χ0) is 14.7. The van der Waals surface area contributed by atoms with Gasteiger partial charge in [0.2, 0.25) is 5.91 Å². The number of aryl methyl sites for hydroxylation is 1. The highest BCUT2D eigenvalue weighted by Crippen LogP contribution is 2.22. The first-order chi connectivity index (χ1) is 9.44. The average Bonchev–Trinajstić information content (AvgIpc) is 2.31. The maximum absolute atomic E-state index is 12.2. The lowest BCUT2D eigenvalue weighted by Crippen LogP contribution is -2.42. The molecule has 1 aromatic rings. The summed E-state index contributed by atoms with van der Waals surface area (Å²) in [6, 6.07) is 5.91. The van der Waals surface area contributed by atoms with Crippen LogP contribution in [0.15, 0.2) is 22.7 Å². The molecule has 1 amide bonds. The van der Waals surface area contributed by atoms with Crippen molar-refractivity contribution in [3.63, 3.8) is 0 Å². The van der Waals surface area contributed by atoms with Crippen molar-refractivity contribution in [3.05, 3.63) is 28.2 Å². The van der Waals surface area contributed by atoms with E-state index in [2.05, 4.69) is 40.0 Å². The van der Waals surface area contributed by atoms with Gasteiger partial charge in [-0.25, -0.2) is 0 Å². The fraction of sp³-hybridized carbons (Fsp3) is 0.562. The Hall–Kier alpha value is -0.870. The van der Waals surface area contributed by atoms with Gasteiger partial charge in [0.25, 0.3) is 0 Å². The number of nitrogens with zero attached hydrogens (tertiary/aromatic N) is 1. The molecule has 2 atom stereocenters. The number of amides is 1. The van der Waals surface area contributed by atoms with Crippen LogP contribution >= 0.6 is 15.9 Å². The highest BCUT2D eigenvalue weighted by molar-refractivity contribution is 9.10. The minimum Gasteiger partial charge on any atom is -0.325 e. The molecule has 0 bridgehead atoms. The Morgan fingerprint density at radius 2 is 2.00 bits per heavy atom. The summed E-state index contributed by atoms with van der Waals surface area (Å²) in [5.74, 6) is 1.44. The number of rotatable bonds is 3. The van der Waals surface area contributed by atoms with Gasteiger partial charge in [-0.15, -0.1) is 0 Å². The minimum atomic E-state index is 0.0803. The number of piperidine rings is 1. The molecule has 0 spiro atoms. The Bertz CT molecular complexity index is 479. The normalized spacial score (nSPS) is 23.6. The van der Waals surface area contributed by atoms with Crippen LogP contribution < -0.4 is 5.32 Å². The maximum atomic E-state index is 12.2. The average molecular weight is 339 g/mol. The lowest BCUT2D eigenvalue weighted by atomic mass is 9.92. The summed E-state index contributed by atoms with van der Waals surface area (Å²) >= 11 is 3.43. The number of likely N-dealkylation sites (tertiary alicyclic amines) is 1. The van der Waals surface area contributed by atoms with Gasteiger partial charge in [0.05, 0.1) is 6.54 Å². The van der Waals surface area contributed by atoms with Crippen molar-refractivity contribution in [3.8, 4) is 0 Å². The quantitative estimate of drug-likeness (QED) is 0.911. The summed E-state index contributed by atoms with van der Waals surface area (Å²) in [7, 11) is 0. The lowest BCUT2D eigenvalue weighted by molar-refractivity contribution is -0.117. The molecule has 4 heteroatoms. The van der Waals surface area contributed by atoms with Crippen LogP contribution in [0.2, 0.25) is 0 Å². The molecule has 0 saturated carbocycles. The summed E-state index contributed by atoms with van der Waals surface area (Å²) in [6.45, 7) is 9.07. The van der Waals surface area contributed by atoms with Crippen molar-refractivity contribution in [2.45, 2.75) is 27.2 Å². The molecule has 1 aliphatic rings. The molecule has 0 aliphatic carbocycles. The van der Waals surface area contributed by atoms with E-state index in [4.69, 9.17) is 0 Å². The SMILES string of the molecule is Cc1cc(Br)ccc1NC(=O)CN1C[C@@H](C)C[C@H](C)C1. The number of halogens is 1. The van der Waals surface area contributed by atoms with Gasteiger partial charge < -0.3 is 5.32 Å². The number of carbonyl (C=O) groups is 1. The first-order valence-electron chi connectivity index (χ1n) is 7.22. The Balaban J connectivity index is 1.92.